The number of nitrogens with one attached hydrogen (secondary N) is 3. The topological polar surface area (TPSA) is 147 Å². The molecule has 0 radical (unpaired) electrons. The number of aryl methyl sites for hydroxylation is 2. The Balaban J connectivity index is 1.14. The number of amides is 3. The molecule has 0 aromatic carbocycles. The van der Waals surface area contributed by atoms with Gasteiger partial charge in [-0.25, -0.2) is 28.8 Å². The third-order valence-corrected chi connectivity index (χ3v) is 7.66. The van der Waals surface area contributed by atoms with Gasteiger partial charge in [0.1, 0.15) is 17.2 Å². The summed E-state index contributed by atoms with van der Waals surface area (Å²) in [4.78, 5) is 41.7. The standard InChI is InChI=1S/C27H29FN10O2/c1-15-10-21(32-22-11-16(2)35-36-22)33-24(31-15)18-6-8-27(9-7-18)25(39)38(26(40)34-27)17(3)19-4-5-23(29-12-19)37-14-20(28)13-30-37/h4-5,10-14,17-18H,6-9H2,1-3H3,(H,34,40)(H2,31,32,33,35,36)/t17-,18-,27-/m0/s1. The lowest BCUT2D eigenvalue weighted by atomic mass is 9.76. The number of aromatic nitrogens is 7. The summed E-state index contributed by atoms with van der Waals surface area (Å²) in [6, 6.07) is 6.26. The fraction of sp³-hybridized carbons (Fsp3) is 0.370. The largest absolute Gasteiger partial charge is 0.325 e. The van der Waals surface area contributed by atoms with Crippen LogP contribution in [0.15, 0.2) is 42.9 Å². The number of rotatable bonds is 6. The van der Waals surface area contributed by atoms with Gasteiger partial charge in [-0.2, -0.15) is 10.2 Å². The van der Waals surface area contributed by atoms with Crippen LogP contribution in [-0.4, -0.2) is 57.3 Å². The molecule has 0 bridgehead atoms. The van der Waals surface area contributed by atoms with Crippen LogP contribution in [-0.2, 0) is 4.79 Å². The van der Waals surface area contributed by atoms with E-state index in [0.717, 1.165) is 23.4 Å². The van der Waals surface area contributed by atoms with Gasteiger partial charge in [0.2, 0.25) is 0 Å². The highest BCUT2D eigenvalue weighted by atomic mass is 19.1. The van der Waals surface area contributed by atoms with Gasteiger partial charge in [0.25, 0.3) is 5.91 Å². The van der Waals surface area contributed by atoms with Crippen molar-refractivity contribution in [3.63, 3.8) is 0 Å². The van der Waals surface area contributed by atoms with Crippen molar-refractivity contribution in [2.75, 3.05) is 5.32 Å². The van der Waals surface area contributed by atoms with Gasteiger partial charge in [0.15, 0.2) is 17.5 Å². The number of pyridine rings is 1. The van der Waals surface area contributed by atoms with Crippen LogP contribution >= 0.6 is 0 Å². The lowest BCUT2D eigenvalue weighted by Crippen LogP contribution is -2.49. The van der Waals surface area contributed by atoms with Crippen molar-refractivity contribution in [3.05, 3.63) is 71.4 Å². The molecule has 1 saturated carbocycles. The average molecular weight is 545 g/mol. The van der Waals surface area contributed by atoms with Crippen LogP contribution in [0.2, 0.25) is 0 Å². The third kappa shape index (κ3) is 4.67. The molecule has 3 N–H and O–H groups in total. The van der Waals surface area contributed by atoms with E-state index in [0.29, 0.717) is 48.7 Å². The molecule has 206 valence electrons. The maximum atomic E-state index is 13.7. The van der Waals surface area contributed by atoms with Crippen LogP contribution in [0.4, 0.5) is 20.8 Å². The first-order chi connectivity index (χ1) is 19.2. The number of carbonyl (C=O) groups excluding carboxylic acids is 2. The molecule has 3 amide bonds. The number of halogens is 1. The SMILES string of the molecule is Cc1cc(Nc2cc(C)[nH]n2)nc([C@H]2CC[C@@]3(CC2)NC(=O)N([C@@H](C)c2ccc(-n4cc(F)cn4)nc2)C3=O)n1. The highest BCUT2D eigenvalue weighted by Gasteiger charge is 2.54. The van der Waals surface area contributed by atoms with Crippen molar-refractivity contribution < 1.29 is 14.0 Å². The minimum absolute atomic E-state index is 0.0621. The number of hydrogen-bond donors (Lipinski definition) is 3. The van der Waals surface area contributed by atoms with E-state index in [4.69, 9.17) is 4.98 Å². The first-order valence-electron chi connectivity index (χ1n) is 13.2. The van der Waals surface area contributed by atoms with Crippen LogP contribution in [0, 0.1) is 19.7 Å². The van der Waals surface area contributed by atoms with Gasteiger partial charge in [-0.1, -0.05) is 6.07 Å². The minimum atomic E-state index is -0.945. The molecule has 1 atom stereocenters. The zero-order valence-corrected chi connectivity index (χ0v) is 22.3. The van der Waals surface area contributed by atoms with Crippen molar-refractivity contribution in [1.82, 2.24) is 45.1 Å². The number of anilines is 2. The highest BCUT2D eigenvalue weighted by Crippen LogP contribution is 2.42. The number of H-pyrrole nitrogens is 1. The zero-order valence-electron chi connectivity index (χ0n) is 22.3. The fourth-order valence-electron chi connectivity index (χ4n) is 5.51. The molecule has 4 aromatic rings. The van der Waals surface area contributed by atoms with Crippen LogP contribution in [0.3, 0.4) is 0 Å². The van der Waals surface area contributed by atoms with E-state index in [-0.39, 0.29) is 11.8 Å². The van der Waals surface area contributed by atoms with E-state index in [9.17, 15) is 14.0 Å². The Morgan fingerprint density at radius 1 is 1.10 bits per heavy atom. The molecule has 1 aliphatic carbocycles. The second kappa shape index (κ2) is 9.81. The molecule has 13 heteroatoms. The highest BCUT2D eigenvalue weighted by molar-refractivity contribution is 6.07. The summed E-state index contributed by atoms with van der Waals surface area (Å²) >= 11 is 0. The molecule has 1 spiro atoms. The van der Waals surface area contributed by atoms with E-state index in [2.05, 4.69) is 35.9 Å². The Hall–Kier alpha value is -4.68. The molecule has 40 heavy (non-hydrogen) atoms. The zero-order chi connectivity index (χ0) is 28.0. The number of hydrogen-bond acceptors (Lipinski definition) is 8. The summed E-state index contributed by atoms with van der Waals surface area (Å²) in [6.07, 6.45) is 6.21. The molecule has 0 unspecified atom stereocenters. The maximum absolute atomic E-state index is 13.7. The summed E-state index contributed by atoms with van der Waals surface area (Å²) in [6.45, 7) is 5.64. The summed E-state index contributed by atoms with van der Waals surface area (Å²) in [5.41, 5.74) is 1.52. The predicted molar refractivity (Wildman–Crippen MR) is 142 cm³/mol. The van der Waals surface area contributed by atoms with Crippen molar-refractivity contribution in [1.29, 1.82) is 0 Å². The van der Waals surface area contributed by atoms with E-state index in [1.54, 1.807) is 25.3 Å². The Labute approximate surface area is 229 Å². The minimum Gasteiger partial charge on any atom is -0.323 e. The molecule has 12 nitrogen and oxygen atoms in total. The summed E-state index contributed by atoms with van der Waals surface area (Å²) in [5.74, 6) is 1.86. The Bertz CT molecular complexity index is 1570. The molecular weight excluding hydrogens is 515 g/mol. The van der Waals surface area contributed by atoms with E-state index < -0.39 is 23.4 Å². The van der Waals surface area contributed by atoms with E-state index >= 15 is 0 Å². The van der Waals surface area contributed by atoms with E-state index in [1.807, 2.05) is 26.0 Å². The van der Waals surface area contributed by atoms with Gasteiger partial charge in [-0.3, -0.25) is 14.8 Å². The van der Waals surface area contributed by atoms with Crippen molar-refractivity contribution in [3.8, 4) is 5.82 Å². The van der Waals surface area contributed by atoms with Crippen LogP contribution < -0.4 is 10.6 Å². The molecule has 4 aromatic heterocycles. The second-order valence-corrected chi connectivity index (χ2v) is 10.5. The quantitative estimate of drug-likeness (QED) is 0.309. The monoisotopic (exact) mass is 544 g/mol. The normalized spacial score (nSPS) is 21.6. The maximum Gasteiger partial charge on any atom is 0.325 e. The summed E-state index contributed by atoms with van der Waals surface area (Å²) in [7, 11) is 0. The van der Waals surface area contributed by atoms with Gasteiger partial charge in [0.05, 0.1) is 18.4 Å². The third-order valence-electron chi connectivity index (χ3n) is 7.66. The smallest absolute Gasteiger partial charge is 0.323 e. The number of imide groups is 1. The molecular formula is C27H29FN10O2. The molecule has 5 heterocycles. The van der Waals surface area contributed by atoms with Crippen LogP contribution in [0.1, 0.15) is 67.3 Å². The van der Waals surface area contributed by atoms with Gasteiger partial charge in [-0.15, -0.1) is 0 Å². The predicted octanol–water partition coefficient (Wildman–Crippen LogP) is 3.99. The van der Waals surface area contributed by atoms with Crippen molar-refractivity contribution >= 4 is 23.6 Å². The Morgan fingerprint density at radius 3 is 2.55 bits per heavy atom. The number of urea groups is 1. The molecule has 6 rings (SSSR count). The lowest BCUT2D eigenvalue weighted by Gasteiger charge is -2.35. The first-order valence-corrected chi connectivity index (χ1v) is 13.2. The number of nitrogens with zero attached hydrogens (tertiary/aromatic N) is 7. The van der Waals surface area contributed by atoms with Gasteiger partial charge in [-0.05, 0) is 58.1 Å². The number of carbonyl (C=O) groups is 2. The van der Waals surface area contributed by atoms with Gasteiger partial charge < -0.3 is 10.6 Å². The Morgan fingerprint density at radius 2 is 1.90 bits per heavy atom. The van der Waals surface area contributed by atoms with Crippen molar-refractivity contribution in [2.45, 2.75) is 64.0 Å². The average Bonchev–Trinajstić information content (AvgIpc) is 3.61. The molecule has 1 saturated heterocycles. The van der Waals surface area contributed by atoms with Crippen molar-refractivity contribution in [2.24, 2.45) is 0 Å². The summed E-state index contributed by atoms with van der Waals surface area (Å²) < 4.78 is 14.6. The molecule has 2 fully saturated rings. The first kappa shape index (κ1) is 25.6. The lowest BCUT2D eigenvalue weighted by molar-refractivity contribution is -0.134. The molecule has 1 aliphatic heterocycles. The fourth-order valence-corrected chi connectivity index (χ4v) is 5.51. The number of aromatic amines is 1. The summed E-state index contributed by atoms with van der Waals surface area (Å²) in [5, 5.41) is 17.2. The van der Waals surface area contributed by atoms with Crippen LogP contribution in [0.25, 0.3) is 5.82 Å². The van der Waals surface area contributed by atoms with Gasteiger partial charge in [0, 0.05) is 35.6 Å². The second-order valence-electron chi connectivity index (χ2n) is 10.5. The molecule has 2 aliphatic rings. The van der Waals surface area contributed by atoms with E-state index in [1.165, 1.54) is 15.8 Å². The Kier molecular flexibility index (Phi) is 6.28. The van der Waals surface area contributed by atoms with Gasteiger partial charge >= 0.3 is 6.03 Å². The van der Waals surface area contributed by atoms with Crippen LogP contribution in [0.5, 0.6) is 0 Å².